The first-order valence-electron chi connectivity index (χ1n) is 6.92. The van der Waals surface area contributed by atoms with E-state index in [-0.39, 0.29) is 0 Å². The fourth-order valence-electron chi connectivity index (χ4n) is 3.70. The summed E-state index contributed by atoms with van der Waals surface area (Å²) in [4.78, 5) is 5.57. The van der Waals surface area contributed by atoms with E-state index in [9.17, 15) is 0 Å². The second-order valence-electron chi connectivity index (χ2n) is 5.71. The van der Waals surface area contributed by atoms with Crippen LogP contribution in [0.1, 0.15) is 32.6 Å². The fraction of sp³-hybridized carbons (Fsp3) is 1.00. The number of fused-ring (bicyclic) bond motifs is 1. The van der Waals surface area contributed by atoms with E-state index in [2.05, 4.69) is 28.5 Å². The molecule has 2 nitrogen and oxygen atoms in total. The second kappa shape index (κ2) is 4.87. The van der Waals surface area contributed by atoms with Gasteiger partial charge < -0.3 is 0 Å². The van der Waals surface area contributed by atoms with Crippen LogP contribution in [0.5, 0.6) is 0 Å². The average Bonchev–Trinajstić information content (AvgIpc) is 2.76. The zero-order valence-electron chi connectivity index (χ0n) is 10.4. The molecule has 3 saturated heterocycles. The van der Waals surface area contributed by atoms with E-state index in [0.717, 1.165) is 18.1 Å². The molecule has 0 amide bonds. The molecule has 0 spiro atoms. The van der Waals surface area contributed by atoms with Gasteiger partial charge in [0.2, 0.25) is 0 Å². The molecule has 0 radical (unpaired) electrons. The van der Waals surface area contributed by atoms with Gasteiger partial charge in [-0.1, -0.05) is 0 Å². The topological polar surface area (TPSA) is 6.48 Å². The Balaban J connectivity index is 1.65. The zero-order valence-corrected chi connectivity index (χ0v) is 11.2. The molecule has 0 bridgehead atoms. The van der Waals surface area contributed by atoms with Crippen LogP contribution in [0, 0.1) is 0 Å². The Morgan fingerprint density at radius 1 is 1.06 bits per heavy atom. The van der Waals surface area contributed by atoms with Gasteiger partial charge in [-0.15, -0.1) is 0 Å². The number of hydrogen-bond donors (Lipinski definition) is 0. The van der Waals surface area contributed by atoms with Crippen LogP contribution in [0.4, 0.5) is 0 Å². The average molecular weight is 240 g/mol. The van der Waals surface area contributed by atoms with E-state index >= 15 is 0 Å². The summed E-state index contributed by atoms with van der Waals surface area (Å²) in [5.41, 5.74) is 0. The van der Waals surface area contributed by atoms with Crippen molar-refractivity contribution < 1.29 is 0 Å². The minimum absolute atomic E-state index is 0.790. The van der Waals surface area contributed by atoms with Gasteiger partial charge in [0, 0.05) is 37.0 Å². The predicted molar refractivity (Wildman–Crippen MR) is 71.1 cm³/mol. The minimum Gasteiger partial charge on any atom is -0.298 e. The van der Waals surface area contributed by atoms with Gasteiger partial charge in [-0.05, 0) is 44.9 Å². The van der Waals surface area contributed by atoms with Crippen LogP contribution in [0.25, 0.3) is 0 Å². The molecule has 3 unspecified atom stereocenters. The highest BCUT2D eigenvalue weighted by Gasteiger charge is 2.37. The Morgan fingerprint density at radius 2 is 1.94 bits per heavy atom. The molecule has 3 heterocycles. The van der Waals surface area contributed by atoms with Crippen LogP contribution in [-0.4, -0.2) is 59.1 Å². The Hall–Kier alpha value is 0.270. The highest BCUT2D eigenvalue weighted by Crippen LogP contribution is 2.30. The summed E-state index contributed by atoms with van der Waals surface area (Å²) in [6.07, 6.45) is 5.77. The largest absolute Gasteiger partial charge is 0.298 e. The standard InChI is InChI=1S/C13H24N2S/c1-11-8-14-6-2-4-12(14)9-15(11)13-5-3-7-16-10-13/h11-13H,2-10H2,1H3. The Labute approximate surface area is 104 Å². The van der Waals surface area contributed by atoms with Gasteiger partial charge in [-0.2, -0.15) is 11.8 Å². The van der Waals surface area contributed by atoms with E-state index in [0.29, 0.717) is 0 Å². The molecule has 16 heavy (non-hydrogen) atoms. The lowest BCUT2D eigenvalue weighted by molar-refractivity contribution is 0.0312. The molecule has 0 saturated carbocycles. The molecule has 0 aromatic rings. The van der Waals surface area contributed by atoms with Gasteiger partial charge in [-0.3, -0.25) is 9.80 Å². The van der Waals surface area contributed by atoms with Crippen molar-refractivity contribution in [1.29, 1.82) is 0 Å². The summed E-state index contributed by atoms with van der Waals surface area (Å²) in [7, 11) is 0. The Kier molecular flexibility index (Phi) is 3.46. The van der Waals surface area contributed by atoms with Gasteiger partial charge >= 0.3 is 0 Å². The molecule has 3 heteroatoms. The van der Waals surface area contributed by atoms with E-state index in [1.54, 1.807) is 0 Å². The predicted octanol–water partition coefficient (Wildman–Crippen LogP) is 2.05. The Morgan fingerprint density at radius 3 is 2.75 bits per heavy atom. The molecule has 0 aromatic carbocycles. The lowest BCUT2D eigenvalue weighted by atomic mass is 10.0. The van der Waals surface area contributed by atoms with Crippen molar-refractivity contribution in [2.24, 2.45) is 0 Å². The summed E-state index contributed by atoms with van der Waals surface area (Å²) in [5, 5.41) is 0. The van der Waals surface area contributed by atoms with Gasteiger partial charge in [-0.25, -0.2) is 0 Å². The maximum Gasteiger partial charge on any atom is 0.0224 e. The van der Waals surface area contributed by atoms with Crippen molar-refractivity contribution in [2.75, 3.05) is 31.1 Å². The van der Waals surface area contributed by atoms with E-state index < -0.39 is 0 Å². The van der Waals surface area contributed by atoms with Crippen molar-refractivity contribution in [3.8, 4) is 0 Å². The molecule has 3 fully saturated rings. The lowest BCUT2D eigenvalue weighted by Gasteiger charge is -2.47. The number of piperazine rings is 1. The molecular formula is C13H24N2S. The van der Waals surface area contributed by atoms with Gasteiger partial charge in [0.25, 0.3) is 0 Å². The van der Waals surface area contributed by atoms with Crippen LogP contribution in [0.3, 0.4) is 0 Å². The van der Waals surface area contributed by atoms with Gasteiger partial charge in [0.1, 0.15) is 0 Å². The molecule has 3 aliphatic heterocycles. The van der Waals surface area contributed by atoms with Crippen molar-refractivity contribution in [2.45, 2.75) is 50.7 Å². The molecule has 3 rings (SSSR count). The molecule has 3 aliphatic rings. The smallest absolute Gasteiger partial charge is 0.0224 e. The molecule has 92 valence electrons. The molecular weight excluding hydrogens is 216 g/mol. The normalized spacial score (nSPS) is 42.2. The van der Waals surface area contributed by atoms with E-state index in [1.165, 1.54) is 56.8 Å². The lowest BCUT2D eigenvalue weighted by Crippen LogP contribution is -2.58. The maximum absolute atomic E-state index is 2.83. The summed E-state index contributed by atoms with van der Waals surface area (Å²) in [5.74, 6) is 2.78. The summed E-state index contributed by atoms with van der Waals surface area (Å²) >= 11 is 2.17. The number of rotatable bonds is 1. The van der Waals surface area contributed by atoms with Crippen LogP contribution < -0.4 is 0 Å². The first kappa shape index (κ1) is 11.4. The molecule has 3 atom stereocenters. The van der Waals surface area contributed by atoms with Crippen LogP contribution >= 0.6 is 11.8 Å². The third-order valence-corrected chi connectivity index (χ3v) is 5.79. The van der Waals surface area contributed by atoms with Crippen molar-refractivity contribution in [3.63, 3.8) is 0 Å². The minimum atomic E-state index is 0.790. The SMILES string of the molecule is CC1CN2CCCC2CN1C1CCCSC1. The number of nitrogens with zero attached hydrogens (tertiary/aromatic N) is 2. The van der Waals surface area contributed by atoms with Gasteiger partial charge in [0.05, 0.1) is 0 Å². The van der Waals surface area contributed by atoms with Crippen molar-refractivity contribution >= 4 is 11.8 Å². The summed E-state index contributed by atoms with van der Waals surface area (Å²) < 4.78 is 0. The molecule has 0 N–H and O–H groups in total. The van der Waals surface area contributed by atoms with E-state index in [1.807, 2.05) is 0 Å². The highest BCUT2D eigenvalue weighted by atomic mass is 32.2. The summed E-state index contributed by atoms with van der Waals surface area (Å²) in [6, 6.07) is 2.57. The quantitative estimate of drug-likeness (QED) is 0.693. The number of hydrogen-bond acceptors (Lipinski definition) is 3. The molecule has 0 aromatic heterocycles. The van der Waals surface area contributed by atoms with Crippen LogP contribution in [0.2, 0.25) is 0 Å². The van der Waals surface area contributed by atoms with Crippen LogP contribution in [-0.2, 0) is 0 Å². The van der Waals surface area contributed by atoms with Crippen molar-refractivity contribution in [3.05, 3.63) is 0 Å². The second-order valence-corrected chi connectivity index (χ2v) is 6.86. The number of thioether (sulfide) groups is 1. The molecule has 0 aliphatic carbocycles. The highest BCUT2D eigenvalue weighted by molar-refractivity contribution is 7.99. The fourth-order valence-corrected chi connectivity index (χ4v) is 4.87. The Bertz CT molecular complexity index is 240. The van der Waals surface area contributed by atoms with Crippen LogP contribution in [0.15, 0.2) is 0 Å². The third-order valence-electron chi connectivity index (χ3n) is 4.59. The third kappa shape index (κ3) is 2.14. The first-order chi connectivity index (χ1) is 7.84. The zero-order chi connectivity index (χ0) is 11.0. The summed E-state index contributed by atoms with van der Waals surface area (Å²) in [6.45, 7) is 6.48. The van der Waals surface area contributed by atoms with Gasteiger partial charge in [0.15, 0.2) is 0 Å². The van der Waals surface area contributed by atoms with E-state index in [4.69, 9.17) is 0 Å². The monoisotopic (exact) mass is 240 g/mol. The first-order valence-corrected chi connectivity index (χ1v) is 8.07. The maximum atomic E-state index is 2.83. The van der Waals surface area contributed by atoms with Crippen molar-refractivity contribution in [1.82, 2.24) is 9.80 Å².